The predicted octanol–water partition coefficient (Wildman–Crippen LogP) is 3.36. The van der Waals surface area contributed by atoms with E-state index in [4.69, 9.17) is 0 Å². The first-order valence-corrected chi connectivity index (χ1v) is 8.57. The second-order valence-electron chi connectivity index (χ2n) is 5.54. The summed E-state index contributed by atoms with van der Waals surface area (Å²) in [5.74, 6) is -0.0420. The zero-order valence-corrected chi connectivity index (χ0v) is 14.7. The minimum absolute atomic E-state index is 0. The highest BCUT2D eigenvalue weighted by atomic mass is 35.5. The minimum atomic E-state index is -0.120. The van der Waals surface area contributed by atoms with Crippen LogP contribution in [0.2, 0.25) is 0 Å². The van der Waals surface area contributed by atoms with Gasteiger partial charge in [0.15, 0.2) is 0 Å². The van der Waals surface area contributed by atoms with Gasteiger partial charge in [0, 0.05) is 17.9 Å². The fourth-order valence-electron chi connectivity index (χ4n) is 2.56. The van der Waals surface area contributed by atoms with Crippen molar-refractivity contribution in [2.24, 2.45) is 5.92 Å². The van der Waals surface area contributed by atoms with E-state index in [-0.39, 0.29) is 30.1 Å². The lowest BCUT2D eigenvalue weighted by Gasteiger charge is -2.21. The number of hydrogen-bond acceptors (Lipinski definition) is 4. The molecule has 7 heteroatoms. The Bertz CT molecular complexity index is 668. The summed E-state index contributed by atoms with van der Waals surface area (Å²) < 4.78 is 0. The van der Waals surface area contributed by atoms with Crippen molar-refractivity contribution < 1.29 is 9.59 Å². The number of anilines is 2. The summed E-state index contributed by atoms with van der Waals surface area (Å²) in [5, 5.41) is 10.9. The van der Waals surface area contributed by atoms with E-state index in [1.807, 2.05) is 11.4 Å². The molecule has 2 amide bonds. The molecule has 3 rings (SSSR count). The van der Waals surface area contributed by atoms with Gasteiger partial charge in [0.1, 0.15) is 0 Å². The normalized spacial score (nSPS) is 16.8. The number of carbonyl (C=O) groups is 2. The molecule has 1 aromatic heterocycles. The lowest BCUT2D eigenvalue weighted by atomic mass is 9.99. The number of nitrogens with one attached hydrogen (secondary N) is 3. The van der Waals surface area contributed by atoms with Gasteiger partial charge < -0.3 is 16.0 Å². The third-order valence-corrected chi connectivity index (χ3v) is 4.69. The molecule has 2 aromatic rings. The van der Waals surface area contributed by atoms with Gasteiger partial charge in [-0.05, 0) is 55.1 Å². The monoisotopic (exact) mass is 365 g/mol. The molecule has 2 heterocycles. The maximum Gasteiger partial charge on any atom is 0.265 e. The first-order chi connectivity index (χ1) is 11.2. The predicted molar refractivity (Wildman–Crippen MR) is 100 cm³/mol. The SMILES string of the molecule is Cl.O=C(Nc1ccc(NC(=O)C2CCCNC2)cc1)c1cccs1. The zero-order chi connectivity index (χ0) is 16.1. The van der Waals surface area contributed by atoms with Crippen LogP contribution in [0.15, 0.2) is 41.8 Å². The van der Waals surface area contributed by atoms with Gasteiger partial charge in [-0.15, -0.1) is 23.7 Å². The molecular weight excluding hydrogens is 346 g/mol. The summed E-state index contributed by atoms with van der Waals surface area (Å²) in [6, 6.07) is 10.8. The largest absolute Gasteiger partial charge is 0.326 e. The van der Waals surface area contributed by atoms with Crippen LogP contribution < -0.4 is 16.0 Å². The maximum absolute atomic E-state index is 12.2. The molecule has 0 aliphatic carbocycles. The highest BCUT2D eigenvalue weighted by molar-refractivity contribution is 7.12. The van der Waals surface area contributed by atoms with Gasteiger partial charge in [0.2, 0.25) is 5.91 Å². The van der Waals surface area contributed by atoms with Gasteiger partial charge in [0.05, 0.1) is 10.8 Å². The molecule has 0 bridgehead atoms. The van der Waals surface area contributed by atoms with Crippen molar-refractivity contribution in [1.82, 2.24) is 5.32 Å². The molecule has 1 unspecified atom stereocenters. The van der Waals surface area contributed by atoms with Gasteiger partial charge in [-0.3, -0.25) is 9.59 Å². The van der Waals surface area contributed by atoms with E-state index in [0.717, 1.165) is 31.6 Å². The Balaban J connectivity index is 0.00000208. The summed E-state index contributed by atoms with van der Waals surface area (Å²) >= 11 is 1.40. The van der Waals surface area contributed by atoms with Crippen LogP contribution >= 0.6 is 23.7 Å². The number of halogens is 1. The minimum Gasteiger partial charge on any atom is -0.326 e. The molecule has 3 N–H and O–H groups in total. The number of benzene rings is 1. The Morgan fingerprint density at radius 1 is 1.08 bits per heavy atom. The molecule has 0 saturated carbocycles. The Labute approximate surface area is 151 Å². The molecular formula is C17H20ClN3O2S. The Morgan fingerprint density at radius 3 is 2.38 bits per heavy atom. The molecule has 128 valence electrons. The standard InChI is InChI=1S/C17H19N3O2S.ClH/c21-16(12-3-1-9-18-11-12)19-13-5-7-14(8-6-13)20-17(22)15-4-2-10-23-15;/h2,4-8,10,12,18H,1,3,9,11H2,(H,19,21)(H,20,22);1H. The van der Waals surface area contributed by atoms with Gasteiger partial charge in [-0.2, -0.15) is 0 Å². The molecule has 1 aliphatic rings. The molecule has 1 fully saturated rings. The second kappa shape index (κ2) is 8.82. The second-order valence-corrected chi connectivity index (χ2v) is 6.49. The number of thiophene rings is 1. The Morgan fingerprint density at radius 2 is 1.79 bits per heavy atom. The molecule has 1 atom stereocenters. The third-order valence-electron chi connectivity index (χ3n) is 3.82. The van der Waals surface area contributed by atoms with Crippen molar-refractivity contribution in [3.05, 3.63) is 46.7 Å². The molecule has 5 nitrogen and oxygen atoms in total. The van der Waals surface area contributed by atoms with Crippen LogP contribution in [0.4, 0.5) is 11.4 Å². The van der Waals surface area contributed by atoms with Crippen LogP contribution in [0.3, 0.4) is 0 Å². The lowest BCUT2D eigenvalue weighted by Crippen LogP contribution is -2.37. The number of piperidine rings is 1. The van der Waals surface area contributed by atoms with E-state index in [9.17, 15) is 9.59 Å². The van der Waals surface area contributed by atoms with Crippen LogP contribution in [0.5, 0.6) is 0 Å². The van der Waals surface area contributed by atoms with Crippen molar-refractivity contribution in [2.45, 2.75) is 12.8 Å². The first-order valence-electron chi connectivity index (χ1n) is 7.69. The highest BCUT2D eigenvalue weighted by Crippen LogP contribution is 2.18. The summed E-state index contributed by atoms with van der Waals surface area (Å²) in [4.78, 5) is 24.8. The molecule has 24 heavy (non-hydrogen) atoms. The number of amides is 2. The summed E-state index contributed by atoms with van der Waals surface area (Å²) in [5.41, 5.74) is 1.45. The molecule has 1 aliphatic heterocycles. The third kappa shape index (κ3) is 4.80. The van der Waals surface area contributed by atoms with Gasteiger partial charge in [0.25, 0.3) is 5.91 Å². The fourth-order valence-corrected chi connectivity index (χ4v) is 3.18. The van der Waals surface area contributed by atoms with E-state index in [1.165, 1.54) is 11.3 Å². The van der Waals surface area contributed by atoms with Crippen LogP contribution in [-0.2, 0) is 4.79 Å². The van der Waals surface area contributed by atoms with Crippen LogP contribution in [0.25, 0.3) is 0 Å². The molecule has 0 radical (unpaired) electrons. The van der Waals surface area contributed by atoms with Crippen molar-refractivity contribution >= 4 is 46.9 Å². The Hall–Kier alpha value is -1.89. The summed E-state index contributed by atoms with van der Waals surface area (Å²) in [7, 11) is 0. The molecule has 1 saturated heterocycles. The topological polar surface area (TPSA) is 70.2 Å². The smallest absolute Gasteiger partial charge is 0.265 e. The van der Waals surface area contributed by atoms with E-state index < -0.39 is 0 Å². The van der Waals surface area contributed by atoms with Crippen LogP contribution in [-0.4, -0.2) is 24.9 Å². The van der Waals surface area contributed by atoms with Crippen molar-refractivity contribution in [1.29, 1.82) is 0 Å². The number of carbonyl (C=O) groups excluding carboxylic acids is 2. The van der Waals surface area contributed by atoms with Gasteiger partial charge in [-0.1, -0.05) is 6.07 Å². The molecule has 0 spiro atoms. The van der Waals surface area contributed by atoms with Gasteiger partial charge >= 0.3 is 0 Å². The lowest BCUT2D eigenvalue weighted by molar-refractivity contribution is -0.120. The summed E-state index contributed by atoms with van der Waals surface area (Å²) in [6.07, 6.45) is 1.96. The quantitative estimate of drug-likeness (QED) is 0.778. The van der Waals surface area contributed by atoms with Crippen LogP contribution in [0, 0.1) is 5.92 Å². The van der Waals surface area contributed by atoms with Crippen molar-refractivity contribution in [3.63, 3.8) is 0 Å². The average Bonchev–Trinajstić information content (AvgIpc) is 3.12. The maximum atomic E-state index is 12.2. The summed E-state index contributed by atoms with van der Waals surface area (Å²) in [6.45, 7) is 1.73. The zero-order valence-electron chi connectivity index (χ0n) is 13.1. The van der Waals surface area contributed by atoms with Crippen LogP contribution in [0.1, 0.15) is 22.5 Å². The number of hydrogen-bond donors (Lipinski definition) is 3. The fraction of sp³-hybridized carbons (Fsp3) is 0.294. The Kier molecular flexibility index (Phi) is 6.78. The van der Waals surface area contributed by atoms with E-state index in [1.54, 1.807) is 30.3 Å². The first kappa shape index (κ1) is 18.4. The average molecular weight is 366 g/mol. The van der Waals surface area contributed by atoms with E-state index in [2.05, 4.69) is 16.0 Å². The molecule has 1 aromatic carbocycles. The van der Waals surface area contributed by atoms with Gasteiger partial charge in [-0.25, -0.2) is 0 Å². The van der Waals surface area contributed by atoms with Crippen molar-refractivity contribution in [3.8, 4) is 0 Å². The van der Waals surface area contributed by atoms with Crippen molar-refractivity contribution in [2.75, 3.05) is 23.7 Å². The highest BCUT2D eigenvalue weighted by Gasteiger charge is 2.20. The van der Waals surface area contributed by atoms with E-state index in [0.29, 0.717) is 10.6 Å². The van der Waals surface area contributed by atoms with E-state index >= 15 is 0 Å². The number of rotatable bonds is 4.